The molecule has 0 aromatic heterocycles. The molecule has 2 heterocycles. The normalized spacial score (nSPS) is 41.9. The van der Waals surface area contributed by atoms with Gasteiger partial charge >= 0.3 is 0 Å². The van der Waals surface area contributed by atoms with Gasteiger partial charge in [-0.2, -0.15) is 0 Å². The number of aliphatic imine (C=N–C) groups is 1. The largest absolute Gasteiger partial charge is 0.330 e. The van der Waals surface area contributed by atoms with Crippen molar-refractivity contribution in [3.05, 3.63) is 0 Å². The fraction of sp³-hybridized carbons (Fsp3) is 0.842. The number of amides is 2. The van der Waals surface area contributed by atoms with Crippen molar-refractivity contribution < 1.29 is 9.59 Å². The van der Waals surface area contributed by atoms with Crippen LogP contribution in [0.3, 0.4) is 0 Å². The SMILES string of the molecule is O=C(NC1=NCCS1)[C@@H]1CCCN1C(=O)C12CC3CC(CC(C3)C1)C2. The van der Waals surface area contributed by atoms with Crippen molar-refractivity contribution in [3.63, 3.8) is 0 Å². The van der Waals surface area contributed by atoms with E-state index >= 15 is 0 Å². The second-order valence-corrected chi connectivity index (χ2v) is 9.96. The van der Waals surface area contributed by atoms with Crippen molar-refractivity contribution in [2.75, 3.05) is 18.8 Å². The number of nitrogens with zero attached hydrogens (tertiary/aromatic N) is 2. The highest BCUT2D eigenvalue weighted by atomic mass is 32.2. The van der Waals surface area contributed by atoms with Gasteiger partial charge in [-0.05, 0) is 69.1 Å². The molecule has 6 rings (SSSR count). The van der Waals surface area contributed by atoms with Gasteiger partial charge < -0.3 is 10.2 Å². The molecule has 4 bridgehead atoms. The molecule has 1 saturated heterocycles. The lowest BCUT2D eigenvalue weighted by atomic mass is 9.49. The van der Waals surface area contributed by atoms with Gasteiger partial charge in [0.25, 0.3) is 0 Å². The lowest BCUT2D eigenvalue weighted by Gasteiger charge is -2.56. The van der Waals surface area contributed by atoms with E-state index in [0.717, 1.165) is 73.9 Å². The van der Waals surface area contributed by atoms with Gasteiger partial charge in [0.1, 0.15) is 6.04 Å². The molecule has 5 fully saturated rings. The maximum absolute atomic E-state index is 13.6. The van der Waals surface area contributed by atoms with Gasteiger partial charge in [-0.1, -0.05) is 11.8 Å². The van der Waals surface area contributed by atoms with Crippen LogP contribution in [0.1, 0.15) is 51.4 Å². The first-order valence-corrected chi connectivity index (χ1v) is 10.9. The molecule has 1 N–H and O–H groups in total. The quantitative estimate of drug-likeness (QED) is 0.822. The van der Waals surface area contributed by atoms with E-state index in [1.54, 1.807) is 11.8 Å². The molecule has 0 spiro atoms. The van der Waals surface area contributed by atoms with Gasteiger partial charge in [0.15, 0.2) is 5.17 Å². The van der Waals surface area contributed by atoms with Gasteiger partial charge in [-0.15, -0.1) is 0 Å². The molecule has 25 heavy (non-hydrogen) atoms. The van der Waals surface area contributed by atoms with E-state index < -0.39 is 0 Å². The van der Waals surface area contributed by atoms with Crippen molar-refractivity contribution in [2.24, 2.45) is 28.2 Å². The first kappa shape index (κ1) is 16.2. The Morgan fingerprint density at radius 1 is 1.12 bits per heavy atom. The van der Waals surface area contributed by atoms with Crippen molar-refractivity contribution in [3.8, 4) is 0 Å². The number of likely N-dealkylation sites (tertiary alicyclic amines) is 1. The van der Waals surface area contributed by atoms with Crippen LogP contribution in [0.15, 0.2) is 4.99 Å². The predicted octanol–water partition coefficient (Wildman–Crippen LogP) is 2.41. The molecule has 2 aliphatic heterocycles. The van der Waals surface area contributed by atoms with Crippen LogP contribution in [0.2, 0.25) is 0 Å². The highest BCUT2D eigenvalue weighted by molar-refractivity contribution is 8.14. The Balaban J connectivity index is 1.33. The molecule has 0 unspecified atom stereocenters. The molecule has 1 atom stereocenters. The summed E-state index contributed by atoms with van der Waals surface area (Å²) in [4.78, 5) is 32.6. The summed E-state index contributed by atoms with van der Waals surface area (Å²) in [6.07, 6.45) is 8.98. The Morgan fingerprint density at radius 3 is 2.40 bits per heavy atom. The Morgan fingerprint density at radius 2 is 1.80 bits per heavy atom. The molecule has 4 aliphatic carbocycles. The molecule has 2 amide bonds. The van der Waals surface area contributed by atoms with Crippen molar-refractivity contribution in [1.82, 2.24) is 10.2 Å². The summed E-state index contributed by atoms with van der Waals surface area (Å²) in [5, 5.41) is 3.69. The van der Waals surface area contributed by atoms with Crippen LogP contribution in [0, 0.1) is 23.2 Å². The minimum atomic E-state index is -0.288. The third kappa shape index (κ3) is 2.71. The van der Waals surface area contributed by atoms with E-state index in [1.807, 2.05) is 4.90 Å². The number of hydrogen-bond donors (Lipinski definition) is 1. The number of carbonyl (C=O) groups excluding carboxylic acids is 2. The maximum Gasteiger partial charge on any atom is 0.248 e. The summed E-state index contributed by atoms with van der Waals surface area (Å²) in [5.74, 6) is 3.49. The van der Waals surface area contributed by atoms with Crippen LogP contribution in [0.5, 0.6) is 0 Å². The summed E-state index contributed by atoms with van der Waals surface area (Å²) in [7, 11) is 0. The predicted molar refractivity (Wildman–Crippen MR) is 98.2 cm³/mol. The molecular formula is C19H27N3O2S. The zero-order chi connectivity index (χ0) is 17.0. The second kappa shape index (κ2) is 6.00. The van der Waals surface area contributed by atoms with Crippen LogP contribution in [-0.4, -0.2) is 46.8 Å². The van der Waals surface area contributed by atoms with Crippen molar-refractivity contribution in [2.45, 2.75) is 57.4 Å². The lowest BCUT2D eigenvalue weighted by Crippen LogP contribution is -2.57. The van der Waals surface area contributed by atoms with Crippen LogP contribution < -0.4 is 5.32 Å². The van der Waals surface area contributed by atoms with Gasteiger partial charge in [-0.25, -0.2) is 0 Å². The van der Waals surface area contributed by atoms with Crippen LogP contribution in [-0.2, 0) is 9.59 Å². The molecule has 6 heteroatoms. The monoisotopic (exact) mass is 361 g/mol. The highest BCUT2D eigenvalue weighted by Crippen LogP contribution is 2.60. The Kier molecular flexibility index (Phi) is 3.88. The van der Waals surface area contributed by atoms with Gasteiger partial charge in [-0.3, -0.25) is 14.6 Å². The van der Waals surface area contributed by atoms with E-state index in [1.165, 1.54) is 19.3 Å². The van der Waals surface area contributed by atoms with Gasteiger partial charge in [0, 0.05) is 12.3 Å². The topological polar surface area (TPSA) is 61.8 Å². The molecule has 6 aliphatic rings. The third-order valence-electron chi connectivity index (χ3n) is 7.12. The van der Waals surface area contributed by atoms with Crippen LogP contribution >= 0.6 is 11.8 Å². The third-order valence-corrected chi connectivity index (χ3v) is 8.02. The molecule has 4 saturated carbocycles. The number of amidine groups is 1. The summed E-state index contributed by atoms with van der Waals surface area (Å²) < 4.78 is 0. The summed E-state index contributed by atoms with van der Waals surface area (Å²) >= 11 is 1.60. The molecular weight excluding hydrogens is 334 g/mol. The number of nitrogens with one attached hydrogen (secondary N) is 1. The maximum atomic E-state index is 13.6. The average Bonchev–Trinajstić information content (AvgIpc) is 3.24. The summed E-state index contributed by atoms with van der Waals surface area (Å²) in [6.45, 7) is 1.53. The Bertz CT molecular complexity index is 597. The Labute approximate surface area is 153 Å². The summed E-state index contributed by atoms with van der Waals surface area (Å²) in [5.41, 5.74) is -0.142. The van der Waals surface area contributed by atoms with E-state index in [4.69, 9.17) is 0 Å². The number of hydrogen-bond acceptors (Lipinski definition) is 4. The zero-order valence-electron chi connectivity index (χ0n) is 14.7. The molecule has 0 aromatic rings. The molecule has 0 radical (unpaired) electrons. The molecule has 136 valence electrons. The standard InChI is InChI=1S/C19H27N3O2S/c23-16(21-18-20-3-5-25-18)15-2-1-4-22(15)17(24)19-9-12-6-13(10-19)8-14(7-12)11-19/h12-15H,1-11H2,(H,20,21,23)/t12?,13?,14?,15-,19?/m0/s1. The minimum Gasteiger partial charge on any atom is -0.330 e. The molecule has 5 nitrogen and oxygen atoms in total. The number of carbonyl (C=O) groups is 2. The Hall–Kier alpha value is -1.04. The first-order valence-electron chi connectivity index (χ1n) is 9.92. The lowest BCUT2D eigenvalue weighted by molar-refractivity contribution is -0.160. The van der Waals surface area contributed by atoms with Crippen LogP contribution in [0.25, 0.3) is 0 Å². The smallest absolute Gasteiger partial charge is 0.248 e. The minimum absolute atomic E-state index is 0.0243. The first-order chi connectivity index (χ1) is 12.1. The number of thioether (sulfide) groups is 1. The second-order valence-electron chi connectivity index (χ2n) is 8.88. The van der Waals surface area contributed by atoms with Gasteiger partial charge in [0.05, 0.1) is 12.0 Å². The number of rotatable bonds is 2. The highest BCUT2D eigenvalue weighted by Gasteiger charge is 2.56. The summed E-state index contributed by atoms with van der Waals surface area (Å²) in [6, 6.07) is -0.288. The molecule has 0 aromatic carbocycles. The average molecular weight is 362 g/mol. The van der Waals surface area contributed by atoms with E-state index in [9.17, 15) is 9.59 Å². The van der Waals surface area contributed by atoms with Crippen molar-refractivity contribution in [1.29, 1.82) is 0 Å². The fourth-order valence-electron chi connectivity index (χ4n) is 6.56. The zero-order valence-corrected chi connectivity index (χ0v) is 15.5. The van der Waals surface area contributed by atoms with E-state index in [2.05, 4.69) is 10.3 Å². The van der Waals surface area contributed by atoms with E-state index in [0.29, 0.717) is 5.91 Å². The fourth-order valence-corrected chi connectivity index (χ4v) is 7.29. The van der Waals surface area contributed by atoms with E-state index in [-0.39, 0.29) is 17.4 Å². The van der Waals surface area contributed by atoms with Crippen LogP contribution in [0.4, 0.5) is 0 Å². The van der Waals surface area contributed by atoms with Gasteiger partial charge in [0.2, 0.25) is 11.8 Å². The van der Waals surface area contributed by atoms with Crippen molar-refractivity contribution >= 4 is 28.7 Å².